The molecule has 0 aliphatic heterocycles. The minimum Gasteiger partial charge on any atom is -0.369 e. The molecule has 1 heterocycles. The Labute approximate surface area is 133 Å². The van der Waals surface area contributed by atoms with Crippen molar-refractivity contribution in [2.24, 2.45) is 0 Å². The Morgan fingerprint density at radius 3 is 2.71 bits per heavy atom. The van der Waals surface area contributed by atoms with Crippen molar-refractivity contribution in [2.45, 2.75) is 31.2 Å². The number of nitrogens with zero attached hydrogens (tertiary/aromatic N) is 1. The van der Waals surface area contributed by atoms with Crippen LogP contribution in [0.5, 0.6) is 0 Å². The summed E-state index contributed by atoms with van der Waals surface area (Å²) in [5.74, 6) is -0.152. The number of aromatic nitrogens is 1. The number of halogens is 1. The molecule has 3 N–H and O–H groups in total. The second kappa shape index (κ2) is 7.71. The molecule has 9 heteroatoms. The molecule has 1 amide bonds. The van der Waals surface area contributed by atoms with Gasteiger partial charge in [0.05, 0.1) is 6.04 Å². The number of carbonyl (C=O) groups is 1. The lowest BCUT2D eigenvalue weighted by atomic mass is 10.3. The van der Waals surface area contributed by atoms with E-state index in [4.69, 9.17) is 0 Å². The van der Waals surface area contributed by atoms with E-state index in [0.29, 0.717) is 11.0 Å². The van der Waals surface area contributed by atoms with Gasteiger partial charge in [-0.25, -0.2) is 13.4 Å². The first kappa shape index (κ1) is 17.9. The average molecular weight is 379 g/mol. The van der Waals surface area contributed by atoms with Crippen molar-refractivity contribution in [1.82, 2.24) is 15.0 Å². The van der Waals surface area contributed by atoms with E-state index in [9.17, 15) is 13.2 Å². The molecule has 0 spiro atoms. The number of carbonyl (C=O) groups excluding carboxylic acids is 1. The minimum absolute atomic E-state index is 0.000998. The molecule has 21 heavy (non-hydrogen) atoms. The van der Waals surface area contributed by atoms with Crippen molar-refractivity contribution < 1.29 is 13.2 Å². The second-order valence-electron chi connectivity index (χ2n) is 4.38. The number of sulfonamides is 1. The van der Waals surface area contributed by atoms with E-state index >= 15 is 0 Å². The number of hydrogen-bond donors (Lipinski definition) is 3. The van der Waals surface area contributed by atoms with Crippen molar-refractivity contribution in [1.29, 1.82) is 0 Å². The number of likely N-dealkylation sites (N-methyl/N-ethyl adjacent to an activating group) is 1. The molecular formula is C12H19BrN4O3S. The molecule has 1 atom stereocenters. The predicted octanol–water partition coefficient (Wildman–Crippen LogP) is 1.08. The van der Waals surface area contributed by atoms with Gasteiger partial charge in [0, 0.05) is 24.3 Å². The average Bonchev–Trinajstić information content (AvgIpc) is 2.44. The quantitative estimate of drug-likeness (QED) is 0.658. The van der Waals surface area contributed by atoms with Crippen LogP contribution < -0.4 is 15.4 Å². The number of amides is 1. The summed E-state index contributed by atoms with van der Waals surface area (Å²) in [5.41, 5.74) is 0. The van der Waals surface area contributed by atoms with Crippen LogP contribution in [0.25, 0.3) is 0 Å². The number of pyridine rings is 1. The fraction of sp³-hybridized carbons (Fsp3) is 0.500. The Kier molecular flexibility index (Phi) is 6.56. The van der Waals surface area contributed by atoms with Gasteiger partial charge >= 0.3 is 0 Å². The van der Waals surface area contributed by atoms with Gasteiger partial charge in [-0.15, -0.1) is 0 Å². The number of nitrogens with one attached hydrogen (secondary N) is 3. The third-order valence-corrected chi connectivity index (χ3v) is 4.61. The second-order valence-corrected chi connectivity index (χ2v) is 6.98. The molecule has 0 saturated heterocycles. The highest BCUT2D eigenvalue weighted by Gasteiger charge is 2.25. The highest BCUT2D eigenvalue weighted by Crippen LogP contribution is 2.23. The van der Waals surface area contributed by atoms with Crippen molar-refractivity contribution in [3.8, 4) is 0 Å². The van der Waals surface area contributed by atoms with Crippen molar-refractivity contribution in [3.63, 3.8) is 0 Å². The highest BCUT2D eigenvalue weighted by molar-refractivity contribution is 9.10. The van der Waals surface area contributed by atoms with Gasteiger partial charge in [-0.05, 0) is 35.3 Å². The maximum absolute atomic E-state index is 12.4. The number of rotatable bonds is 7. The zero-order valence-electron chi connectivity index (χ0n) is 12.1. The monoisotopic (exact) mass is 378 g/mol. The van der Waals surface area contributed by atoms with Crippen LogP contribution in [-0.4, -0.2) is 38.9 Å². The molecule has 0 fully saturated rings. The van der Waals surface area contributed by atoms with E-state index in [-0.39, 0.29) is 10.7 Å². The molecule has 0 aromatic carbocycles. The van der Waals surface area contributed by atoms with Gasteiger partial charge in [0.2, 0.25) is 15.9 Å². The summed E-state index contributed by atoms with van der Waals surface area (Å²) >= 11 is 3.20. The largest absolute Gasteiger partial charge is 0.369 e. The third-order valence-electron chi connectivity index (χ3n) is 2.62. The van der Waals surface area contributed by atoms with Gasteiger partial charge in [-0.1, -0.05) is 6.92 Å². The normalized spacial score (nSPS) is 12.8. The van der Waals surface area contributed by atoms with E-state index in [1.165, 1.54) is 26.2 Å². The van der Waals surface area contributed by atoms with Gasteiger partial charge in [0.15, 0.2) is 0 Å². The van der Waals surface area contributed by atoms with Crippen LogP contribution in [0.2, 0.25) is 0 Å². The number of hydrogen-bond acceptors (Lipinski definition) is 5. The molecule has 1 rings (SSSR count). The first-order valence-electron chi connectivity index (χ1n) is 6.45. The van der Waals surface area contributed by atoms with Crippen LogP contribution in [0.3, 0.4) is 0 Å². The van der Waals surface area contributed by atoms with Gasteiger partial charge in [-0.2, -0.15) is 4.72 Å². The molecule has 118 valence electrons. The third kappa shape index (κ3) is 4.94. The van der Waals surface area contributed by atoms with Crippen LogP contribution in [0, 0.1) is 0 Å². The van der Waals surface area contributed by atoms with Crippen LogP contribution in [-0.2, 0) is 14.8 Å². The zero-order chi connectivity index (χ0) is 16.0. The molecule has 1 unspecified atom stereocenters. The SMILES string of the molecule is CCCNc1ncc(Br)cc1S(=O)(=O)NC(C)C(=O)NC. The lowest BCUT2D eigenvalue weighted by molar-refractivity contribution is -0.121. The van der Waals surface area contributed by atoms with Crippen molar-refractivity contribution >= 4 is 37.7 Å². The topological polar surface area (TPSA) is 100 Å². The van der Waals surface area contributed by atoms with E-state index < -0.39 is 22.0 Å². The molecular weight excluding hydrogens is 360 g/mol. The van der Waals surface area contributed by atoms with Crippen LogP contribution in [0.15, 0.2) is 21.6 Å². The molecule has 1 aromatic rings. The first-order chi connectivity index (χ1) is 9.81. The maximum atomic E-state index is 12.4. The molecule has 7 nitrogen and oxygen atoms in total. The Morgan fingerprint density at radius 2 is 2.14 bits per heavy atom. The summed E-state index contributed by atoms with van der Waals surface area (Å²) in [6, 6.07) is 0.571. The lowest BCUT2D eigenvalue weighted by Crippen LogP contribution is -2.43. The summed E-state index contributed by atoms with van der Waals surface area (Å²) in [6.45, 7) is 4.04. The summed E-state index contributed by atoms with van der Waals surface area (Å²) in [5, 5.41) is 5.35. The van der Waals surface area contributed by atoms with E-state index in [1.54, 1.807) is 0 Å². The summed E-state index contributed by atoms with van der Waals surface area (Å²) in [6.07, 6.45) is 2.35. The van der Waals surface area contributed by atoms with Gasteiger partial charge < -0.3 is 10.6 Å². The van der Waals surface area contributed by atoms with Gasteiger partial charge in [0.1, 0.15) is 10.7 Å². The Hall–Kier alpha value is -1.19. The summed E-state index contributed by atoms with van der Waals surface area (Å²) < 4.78 is 27.7. The standard InChI is InChI=1S/C12H19BrN4O3S/c1-4-5-15-11-10(6-9(13)7-16-11)21(19,20)17-8(2)12(18)14-3/h6-8,17H,4-5H2,1-3H3,(H,14,18)(H,15,16). The molecule has 0 bridgehead atoms. The smallest absolute Gasteiger partial charge is 0.244 e. The molecule has 0 radical (unpaired) electrons. The Balaban J connectivity index is 3.11. The van der Waals surface area contributed by atoms with Crippen LogP contribution in [0.4, 0.5) is 5.82 Å². The molecule has 0 aliphatic carbocycles. The number of anilines is 1. The van der Waals surface area contributed by atoms with Gasteiger partial charge in [0.25, 0.3) is 0 Å². The van der Waals surface area contributed by atoms with Crippen LogP contribution >= 0.6 is 15.9 Å². The lowest BCUT2D eigenvalue weighted by Gasteiger charge is -2.15. The minimum atomic E-state index is -3.86. The van der Waals surface area contributed by atoms with E-state index in [1.807, 2.05) is 6.92 Å². The van der Waals surface area contributed by atoms with Crippen LogP contribution in [0.1, 0.15) is 20.3 Å². The summed E-state index contributed by atoms with van der Waals surface area (Å²) in [4.78, 5) is 15.5. The van der Waals surface area contributed by atoms with Crippen molar-refractivity contribution in [3.05, 3.63) is 16.7 Å². The van der Waals surface area contributed by atoms with Crippen molar-refractivity contribution in [2.75, 3.05) is 18.9 Å². The van der Waals surface area contributed by atoms with Gasteiger partial charge in [-0.3, -0.25) is 4.79 Å². The highest BCUT2D eigenvalue weighted by atomic mass is 79.9. The summed E-state index contributed by atoms with van der Waals surface area (Å²) in [7, 11) is -2.42. The Morgan fingerprint density at radius 1 is 1.48 bits per heavy atom. The molecule has 1 aromatic heterocycles. The first-order valence-corrected chi connectivity index (χ1v) is 8.72. The fourth-order valence-electron chi connectivity index (χ4n) is 1.57. The molecule has 0 saturated carbocycles. The maximum Gasteiger partial charge on any atom is 0.244 e. The zero-order valence-corrected chi connectivity index (χ0v) is 14.5. The Bertz CT molecular complexity index is 607. The fourth-order valence-corrected chi connectivity index (χ4v) is 3.41. The molecule has 0 aliphatic rings. The van der Waals surface area contributed by atoms with E-state index in [2.05, 4.69) is 36.3 Å². The van der Waals surface area contributed by atoms with E-state index in [0.717, 1.165) is 6.42 Å². The predicted molar refractivity (Wildman–Crippen MR) is 84.6 cm³/mol.